The van der Waals surface area contributed by atoms with Gasteiger partial charge in [0.05, 0.1) is 22.5 Å². The number of carbonyl (C=O) groups is 2. The molecule has 13 N–H and O–H groups in total. The number of pyridine rings is 2. The van der Waals surface area contributed by atoms with Crippen molar-refractivity contribution in [3.05, 3.63) is 126 Å². The predicted octanol–water partition coefficient (Wildman–Crippen LogP) is 5.77. The van der Waals surface area contributed by atoms with Gasteiger partial charge >= 0.3 is 0 Å². The number of benzene rings is 2. The molecule has 2 aliphatic rings. The Labute approximate surface area is 347 Å². The Hall–Kier alpha value is -6.33. The van der Waals surface area contributed by atoms with Gasteiger partial charge in [0.25, 0.3) is 11.8 Å². The van der Waals surface area contributed by atoms with E-state index in [-0.39, 0.29) is 34.9 Å². The minimum Gasteiger partial charge on any atom is -0.366 e. The SMILES string of the molecule is NC(=O)c1ccc(Cl)nc1Nc1ccc(-n2cccn2)cc1.NC(=O)c1ccc(N[C@@H]2CCCC[C@@H]2N)nc1Nc1ccc(-n2cccn2)cc1.N[C@@H]1CCCC[C@@H]1N. The largest absolute Gasteiger partial charge is 0.366 e. The molecule has 2 aromatic carbocycles. The Kier molecular flexibility index (Phi) is 14.6. The van der Waals surface area contributed by atoms with Crippen LogP contribution in [0.25, 0.3) is 11.4 Å². The first-order chi connectivity index (χ1) is 28.5. The van der Waals surface area contributed by atoms with E-state index in [1.807, 2.05) is 73.1 Å². The number of aromatic nitrogens is 6. The van der Waals surface area contributed by atoms with Crippen molar-refractivity contribution in [2.75, 3.05) is 16.0 Å². The van der Waals surface area contributed by atoms with Gasteiger partial charge in [0.1, 0.15) is 22.6 Å². The number of hydrogen-bond donors (Lipinski definition) is 8. The van der Waals surface area contributed by atoms with Crippen molar-refractivity contribution in [3.63, 3.8) is 0 Å². The topological polar surface area (TPSA) is 262 Å². The second-order valence-corrected chi connectivity index (χ2v) is 14.8. The van der Waals surface area contributed by atoms with Gasteiger partial charge < -0.3 is 44.6 Å². The van der Waals surface area contributed by atoms with Gasteiger partial charge in [0.15, 0.2) is 0 Å². The van der Waals surface area contributed by atoms with E-state index in [1.54, 1.807) is 33.9 Å². The molecule has 16 nitrogen and oxygen atoms in total. The molecule has 0 aliphatic heterocycles. The number of nitrogens with one attached hydrogen (secondary N) is 3. The van der Waals surface area contributed by atoms with Crippen molar-refractivity contribution in [1.82, 2.24) is 29.5 Å². The number of amides is 2. The van der Waals surface area contributed by atoms with E-state index in [1.165, 1.54) is 25.0 Å². The molecule has 0 bridgehead atoms. The van der Waals surface area contributed by atoms with Crippen LogP contribution < -0.4 is 44.6 Å². The van der Waals surface area contributed by atoms with Crippen molar-refractivity contribution < 1.29 is 9.59 Å². The fourth-order valence-electron chi connectivity index (χ4n) is 6.79. The third kappa shape index (κ3) is 11.9. The first kappa shape index (κ1) is 42.3. The average molecular weight is 819 g/mol. The molecule has 2 saturated carbocycles. The molecule has 4 atom stereocenters. The summed E-state index contributed by atoms with van der Waals surface area (Å²) in [6.45, 7) is 0. The highest BCUT2D eigenvalue weighted by molar-refractivity contribution is 6.29. The van der Waals surface area contributed by atoms with Gasteiger partial charge in [-0.2, -0.15) is 10.2 Å². The molecule has 2 fully saturated rings. The molecular weight excluding hydrogens is 768 g/mol. The first-order valence-corrected chi connectivity index (χ1v) is 20.0. The third-order valence-electron chi connectivity index (χ3n) is 10.1. The molecular formula is C42H51ClN14O2. The quantitative estimate of drug-likeness (QED) is 0.0767. The zero-order valence-electron chi connectivity index (χ0n) is 32.6. The van der Waals surface area contributed by atoms with Crippen LogP contribution in [0.2, 0.25) is 5.15 Å². The summed E-state index contributed by atoms with van der Waals surface area (Å²) >= 11 is 5.87. The molecule has 4 aromatic heterocycles. The molecule has 6 aromatic rings. The Morgan fingerprint density at radius 2 is 1.05 bits per heavy atom. The van der Waals surface area contributed by atoms with Crippen molar-refractivity contribution in [2.24, 2.45) is 28.7 Å². The van der Waals surface area contributed by atoms with Gasteiger partial charge in [-0.15, -0.1) is 0 Å². The smallest absolute Gasteiger partial charge is 0.252 e. The fraction of sp³-hybridized carbons (Fsp3) is 0.286. The van der Waals surface area contributed by atoms with E-state index in [2.05, 4.69) is 36.1 Å². The van der Waals surface area contributed by atoms with Gasteiger partial charge in [-0.1, -0.05) is 37.3 Å². The van der Waals surface area contributed by atoms with Crippen molar-refractivity contribution in [3.8, 4) is 11.4 Å². The molecule has 0 saturated heterocycles. The van der Waals surface area contributed by atoms with Crippen LogP contribution in [0.15, 0.2) is 110 Å². The van der Waals surface area contributed by atoms with E-state index in [0.717, 1.165) is 61.3 Å². The summed E-state index contributed by atoms with van der Waals surface area (Å²) in [5, 5.41) is 18.3. The lowest BCUT2D eigenvalue weighted by Gasteiger charge is -2.29. The Morgan fingerprint density at radius 1 is 0.593 bits per heavy atom. The van der Waals surface area contributed by atoms with E-state index in [0.29, 0.717) is 23.0 Å². The minimum atomic E-state index is -0.570. The molecule has 0 spiro atoms. The fourth-order valence-corrected chi connectivity index (χ4v) is 6.94. The Balaban J connectivity index is 0.000000171. The van der Waals surface area contributed by atoms with E-state index in [9.17, 15) is 9.59 Å². The maximum atomic E-state index is 11.9. The molecule has 59 heavy (non-hydrogen) atoms. The van der Waals surface area contributed by atoms with E-state index < -0.39 is 11.8 Å². The zero-order valence-corrected chi connectivity index (χ0v) is 33.4. The molecule has 4 heterocycles. The third-order valence-corrected chi connectivity index (χ3v) is 10.3. The number of rotatable bonds is 10. The minimum absolute atomic E-state index is 0.104. The standard InChI is InChI=1S/C21H25N7O.C15H12ClN5O.C6H14N2/c22-17-4-1-2-5-18(17)26-19-11-10-16(20(23)29)21(27-19)25-14-6-8-15(9-7-14)28-13-3-12-24-28;16-13-7-6-12(14(17)22)15(20-13)19-10-2-4-11(5-3-10)21-9-1-8-18-21;7-5-3-1-2-4-6(5)8/h3,6-13,17-18H,1-2,4-5,22H2,(H2,23,29)(H2,25,26,27);1-9H,(H2,17,22)(H,19,20);5-6H,1-4,7-8H2/t17-,18+;;5-,6+/m0../s1. The number of anilines is 5. The molecule has 0 radical (unpaired) electrons. The summed E-state index contributed by atoms with van der Waals surface area (Å²) in [5.74, 6) is 0.312. The maximum absolute atomic E-state index is 11.9. The second-order valence-electron chi connectivity index (χ2n) is 14.4. The predicted molar refractivity (Wildman–Crippen MR) is 232 cm³/mol. The van der Waals surface area contributed by atoms with Crippen LogP contribution in [-0.2, 0) is 0 Å². The second kappa shape index (κ2) is 20.4. The van der Waals surface area contributed by atoms with Crippen molar-refractivity contribution in [2.45, 2.75) is 75.5 Å². The molecule has 0 unspecified atom stereocenters. The van der Waals surface area contributed by atoms with E-state index in [4.69, 9.17) is 40.3 Å². The van der Waals surface area contributed by atoms with Gasteiger partial charge in [0.2, 0.25) is 0 Å². The maximum Gasteiger partial charge on any atom is 0.252 e. The van der Waals surface area contributed by atoms with Gasteiger partial charge in [-0.05, 0) is 111 Å². The van der Waals surface area contributed by atoms with Crippen LogP contribution in [-0.4, -0.2) is 65.5 Å². The summed E-state index contributed by atoms with van der Waals surface area (Å²) in [6.07, 6.45) is 16.3. The number of hydrogen-bond acceptors (Lipinski definition) is 12. The summed E-state index contributed by atoms with van der Waals surface area (Å²) in [5.41, 5.74) is 32.4. The highest BCUT2D eigenvalue weighted by Crippen LogP contribution is 2.26. The Morgan fingerprint density at radius 3 is 1.49 bits per heavy atom. The van der Waals surface area contributed by atoms with Gasteiger partial charge in [-0.25, -0.2) is 19.3 Å². The zero-order chi connectivity index (χ0) is 41.7. The average Bonchev–Trinajstić information content (AvgIpc) is 3.98. The Bertz CT molecular complexity index is 2240. The number of primary amides is 2. The summed E-state index contributed by atoms with van der Waals surface area (Å²) < 4.78 is 3.52. The number of nitrogens with zero attached hydrogens (tertiary/aromatic N) is 6. The molecule has 2 aliphatic carbocycles. The van der Waals surface area contributed by atoms with Crippen LogP contribution >= 0.6 is 11.6 Å². The van der Waals surface area contributed by atoms with Crippen molar-refractivity contribution in [1.29, 1.82) is 0 Å². The lowest BCUT2D eigenvalue weighted by atomic mass is 9.91. The normalized spacial score (nSPS) is 18.6. The highest BCUT2D eigenvalue weighted by atomic mass is 35.5. The van der Waals surface area contributed by atoms with Gasteiger partial charge in [0, 0.05) is 60.3 Å². The van der Waals surface area contributed by atoms with Crippen LogP contribution in [0.3, 0.4) is 0 Å². The lowest BCUT2D eigenvalue weighted by molar-refractivity contribution is 0.0992. The molecule has 17 heteroatoms. The summed E-state index contributed by atoms with van der Waals surface area (Å²) in [4.78, 5) is 32.0. The lowest BCUT2D eigenvalue weighted by Crippen LogP contribution is -2.43. The van der Waals surface area contributed by atoms with Crippen molar-refractivity contribution >= 4 is 52.2 Å². The van der Waals surface area contributed by atoms with Gasteiger partial charge in [-0.3, -0.25) is 9.59 Å². The number of carbonyl (C=O) groups excluding carboxylic acids is 2. The summed E-state index contributed by atoms with van der Waals surface area (Å²) in [7, 11) is 0. The van der Waals surface area contributed by atoms with Crippen LogP contribution in [0, 0.1) is 0 Å². The number of halogens is 1. The molecule has 2 amide bonds. The molecule has 8 rings (SSSR count). The van der Waals surface area contributed by atoms with Crippen LogP contribution in [0.1, 0.15) is 72.1 Å². The first-order valence-electron chi connectivity index (χ1n) is 19.6. The number of nitrogens with two attached hydrogens (primary N) is 5. The van der Waals surface area contributed by atoms with E-state index >= 15 is 0 Å². The monoisotopic (exact) mass is 818 g/mol. The molecule has 308 valence electrons. The summed E-state index contributed by atoms with van der Waals surface area (Å²) in [6, 6.07) is 26.2. The van der Waals surface area contributed by atoms with Crippen LogP contribution in [0.4, 0.5) is 28.8 Å². The highest BCUT2D eigenvalue weighted by Gasteiger charge is 2.23. The van der Waals surface area contributed by atoms with Crippen LogP contribution in [0.5, 0.6) is 0 Å².